The fourth-order valence-electron chi connectivity index (χ4n) is 1.83. The standard InChI is InChI=1S/C15H14N2O2S2/c1-20-15-5-3-2-4-14(15)17-21(18,19)11-13-8-6-12(10-16)7-9-13/h2-9,17H,11H2,1H3. The fraction of sp³-hybridized carbons (Fsp3) is 0.133. The van der Waals surface area contributed by atoms with Gasteiger partial charge in [-0.1, -0.05) is 24.3 Å². The van der Waals surface area contributed by atoms with Gasteiger partial charge in [-0.3, -0.25) is 4.72 Å². The van der Waals surface area contributed by atoms with E-state index in [9.17, 15) is 8.42 Å². The van der Waals surface area contributed by atoms with E-state index in [-0.39, 0.29) is 5.75 Å². The van der Waals surface area contributed by atoms with Crippen LogP contribution in [0.3, 0.4) is 0 Å². The maximum absolute atomic E-state index is 12.2. The van der Waals surface area contributed by atoms with Crippen molar-refractivity contribution in [3.8, 4) is 6.07 Å². The Hall–Kier alpha value is -1.97. The van der Waals surface area contributed by atoms with Gasteiger partial charge in [0.2, 0.25) is 10.0 Å². The maximum Gasteiger partial charge on any atom is 0.236 e. The van der Waals surface area contributed by atoms with Crippen molar-refractivity contribution in [3.05, 3.63) is 59.7 Å². The SMILES string of the molecule is CSc1ccccc1NS(=O)(=O)Cc1ccc(C#N)cc1. The van der Waals surface area contributed by atoms with E-state index in [0.29, 0.717) is 16.8 Å². The molecule has 0 aliphatic carbocycles. The highest BCUT2D eigenvalue weighted by Crippen LogP contribution is 2.26. The van der Waals surface area contributed by atoms with Crippen LogP contribution in [-0.2, 0) is 15.8 Å². The summed E-state index contributed by atoms with van der Waals surface area (Å²) in [6.07, 6.45) is 1.90. The Kier molecular flexibility index (Phi) is 4.89. The van der Waals surface area contributed by atoms with Crippen LogP contribution in [0.5, 0.6) is 0 Å². The van der Waals surface area contributed by atoms with Crippen LogP contribution in [0.1, 0.15) is 11.1 Å². The van der Waals surface area contributed by atoms with Crippen LogP contribution in [-0.4, -0.2) is 14.7 Å². The zero-order valence-corrected chi connectivity index (χ0v) is 13.0. The van der Waals surface area contributed by atoms with E-state index in [1.54, 1.807) is 36.4 Å². The number of hydrogen-bond donors (Lipinski definition) is 1. The van der Waals surface area contributed by atoms with Crippen LogP contribution in [0.4, 0.5) is 5.69 Å². The molecule has 0 unspecified atom stereocenters. The molecule has 6 heteroatoms. The normalized spacial score (nSPS) is 10.9. The first-order chi connectivity index (χ1) is 10.0. The zero-order valence-electron chi connectivity index (χ0n) is 11.4. The first-order valence-corrected chi connectivity index (χ1v) is 9.04. The molecule has 2 aromatic carbocycles. The Bertz CT molecular complexity index is 763. The smallest absolute Gasteiger partial charge is 0.236 e. The third kappa shape index (κ3) is 4.25. The molecule has 0 heterocycles. The predicted octanol–water partition coefficient (Wildman–Crippen LogP) is 3.22. The number of thioether (sulfide) groups is 1. The highest BCUT2D eigenvalue weighted by atomic mass is 32.2. The highest BCUT2D eigenvalue weighted by molar-refractivity contribution is 7.99. The molecule has 21 heavy (non-hydrogen) atoms. The lowest BCUT2D eigenvalue weighted by Gasteiger charge is -2.11. The van der Waals surface area contributed by atoms with Crippen LogP contribution in [0, 0.1) is 11.3 Å². The van der Waals surface area contributed by atoms with Crippen molar-refractivity contribution < 1.29 is 8.42 Å². The second kappa shape index (κ2) is 6.66. The molecule has 2 aromatic rings. The summed E-state index contributed by atoms with van der Waals surface area (Å²) in [5, 5.41) is 8.73. The largest absolute Gasteiger partial charge is 0.282 e. The van der Waals surface area contributed by atoms with Crippen molar-refractivity contribution >= 4 is 27.5 Å². The minimum absolute atomic E-state index is 0.124. The quantitative estimate of drug-likeness (QED) is 0.859. The molecule has 0 radical (unpaired) electrons. The number of rotatable bonds is 5. The number of sulfonamides is 1. The van der Waals surface area contributed by atoms with Crippen LogP contribution in [0.2, 0.25) is 0 Å². The van der Waals surface area contributed by atoms with Gasteiger partial charge >= 0.3 is 0 Å². The molecule has 0 aromatic heterocycles. The summed E-state index contributed by atoms with van der Waals surface area (Å²) < 4.78 is 27.0. The lowest BCUT2D eigenvalue weighted by Crippen LogP contribution is -2.15. The minimum Gasteiger partial charge on any atom is -0.282 e. The Morgan fingerprint density at radius 2 is 1.81 bits per heavy atom. The van der Waals surface area contributed by atoms with E-state index in [4.69, 9.17) is 5.26 Å². The van der Waals surface area contributed by atoms with Gasteiger partial charge in [0.1, 0.15) is 0 Å². The number of nitriles is 1. The average molecular weight is 318 g/mol. The lowest BCUT2D eigenvalue weighted by molar-refractivity contribution is 0.600. The van der Waals surface area contributed by atoms with Crippen LogP contribution >= 0.6 is 11.8 Å². The minimum atomic E-state index is -3.49. The van der Waals surface area contributed by atoms with Gasteiger partial charge in [0, 0.05) is 4.90 Å². The summed E-state index contributed by atoms with van der Waals surface area (Å²) in [6, 6.07) is 15.8. The second-order valence-electron chi connectivity index (χ2n) is 4.37. The zero-order chi connectivity index (χ0) is 15.3. The molecule has 2 rings (SSSR count). The third-order valence-electron chi connectivity index (χ3n) is 2.81. The Balaban J connectivity index is 2.16. The Morgan fingerprint density at radius 3 is 2.43 bits per heavy atom. The molecular weight excluding hydrogens is 304 g/mol. The van der Waals surface area contributed by atoms with Crippen LogP contribution < -0.4 is 4.72 Å². The molecule has 4 nitrogen and oxygen atoms in total. The van der Waals surface area contributed by atoms with Crippen LogP contribution in [0.25, 0.3) is 0 Å². The number of nitrogens with zero attached hydrogens (tertiary/aromatic N) is 1. The summed E-state index contributed by atoms with van der Waals surface area (Å²) in [5.41, 5.74) is 1.73. The summed E-state index contributed by atoms with van der Waals surface area (Å²) in [5.74, 6) is -0.124. The highest BCUT2D eigenvalue weighted by Gasteiger charge is 2.13. The molecule has 0 aliphatic heterocycles. The van der Waals surface area contributed by atoms with Gasteiger partial charge in [0.25, 0.3) is 0 Å². The van der Waals surface area contributed by atoms with E-state index in [2.05, 4.69) is 4.72 Å². The van der Waals surface area contributed by atoms with Gasteiger partial charge in [0.05, 0.1) is 23.1 Å². The second-order valence-corrected chi connectivity index (χ2v) is 6.94. The third-order valence-corrected chi connectivity index (χ3v) is 4.85. The van der Waals surface area contributed by atoms with Crippen molar-refractivity contribution in [3.63, 3.8) is 0 Å². The summed E-state index contributed by atoms with van der Waals surface area (Å²) in [7, 11) is -3.49. The van der Waals surface area contributed by atoms with Crippen molar-refractivity contribution in [1.29, 1.82) is 5.26 Å². The fourth-order valence-corrected chi connectivity index (χ4v) is 3.66. The number of hydrogen-bond acceptors (Lipinski definition) is 4. The van der Waals surface area contributed by atoms with E-state index in [1.165, 1.54) is 11.8 Å². The molecule has 0 aliphatic rings. The van der Waals surface area contributed by atoms with E-state index in [0.717, 1.165) is 4.90 Å². The van der Waals surface area contributed by atoms with Crippen molar-refractivity contribution in [1.82, 2.24) is 0 Å². The summed E-state index contributed by atoms with van der Waals surface area (Å²) in [4.78, 5) is 0.876. The number of nitrogens with one attached hydrogen (secondary N) is 1. The summed E-state index contributed by atoms with van der Waals surface area (Å²) >= 11 is 1.48. The topological polar surface area (TPSA) is 70.0 Å². The van der Waals surface area contributed by atoms with Gasteiger partial charge in [-0.05, 0) is 36.1 Å². The van der Waals surface area contributed by atoms with Gasteiger partial charge in [-0.15, -0.1) is 11.8 Å². The maximum atomic E-state index is 12.2. The van der Waals surface area contributed by atoms with Crippen molar-refractivity contribution in [2.24, 2.45) is 0 Å². The van der Waals surface area contributed by atoms with E-state index in [1.807, 2.05) is 24.5 Å². The van der Waals surface area contributed by atoms with Crippen LogP contribution in [0.15, 0.2) is 53.4 Å². The number of para-hydroxylation sites is 1. The van der Waals surface area contributed by atoms with E-state index < -0.39 is 10.0 Å². The molecule has 0 spiro atoms. The molecule has 0 fully saturated rings. The average Bonchev–Trinajstić information content (AvgIpc) is 2.47. The van der Waals surface area contributed by atoms with Crippen molar-refractivity contribution in [2.45, 2.75) is 10.6 Å². The Morgan fingerprint density at radius 1 is 1.14 bits per heavy atom. The number of anilines is 1. The number of benzene rings is 2. The van der Waals surface area contributed by atoms with Gasteiger partial charge in [0.15, 0.2) is 0 Å². The molecule has 1 N–H and O–H groups in total. The monoisotopic (exact) mass is 318 g/mol. The Labute approximate surface area is 128 Å². The van der Waals surface area contributed by atoms with Gasteiger partial charge < -0.3 is 0 Å². The predicted molar refractivity (Wildman–Crippen MR) is 85.6 cm³/mol. The first kappa shape index (κ1) is 15.4. The van der Waals surface area contributed by atoms with Gasteiger partial charge in [-0.2, -0.15) is 5.26 Å². The van der Waals surface area contributed by atoms with E-state index >= 15 is 0 Å². The molecule has 108 valence electrons. The molecule has 0 saturated heterocycles. The molecule has 0 bridgehead atoms. The first-order valence-electron chi connectivity index (χ1n) is 6.16. The molecule has 0 saturated carbocycles. The van der Waals surface area contributed by atoms with Crippen molar-refractivity contribution in [2.75, 3.05) is 11.0 Å². The molecule has 0 atom stereocenters. The molecular formula is C15H14N2O2S2. The summed E-state index contributed by atoms with van der Waals surface area (Å²) in [6.45, 7) is 0. The lowest BCUT2D eigenvalue weighted by atomic mass is 10.2. The van der Waals surface area contributed by atoms with Gasteiger partial charge in [-0.25, -0.2) is 8.42 Å². The molecule has 0 amide bonds.